The zero-order valence-electron chi connectivity index (χ0n) is 11.9. The first-order valence-electron chi connectivity index (χ1n) is 6.02. The number of carbonyl (C=O) groups excluding carboxylic acids is 1. The third-order valence-corrected chi connectivity index (χ3v) is 2.96. The van der Waals surface area contributed by atoms with Crippen LogP contribution in [0.3, 0.4) is 0 Å². The van der Waals surface area contributed by atoms with Gasteiger partial charge in [0.2, 0.25) is 0 Å². The van der Waals surface area contributed by atoms with E-state index in [1.165, 1.54) is 0 Å². The van der Waals surface area contributed by atoms with Gasteiger partial charge in [0, 0.05) is 10.0 Å². The summed E-state index contributed by atoms with van der Waals surface area (Å²) in [7, 11) is 0. The maximum absolute atomic E-state index is 11.8. The average molecular weight is 330 g/mol. The number of carbonyl (C=O) groups is 1. The molecular formula is C14H20BrNO3. The van der Waals surface area contributed by atoms with Gasteiger partial charge in [-0.2, -0.15) is 0 Å². The average Bonchev–Trinajstić information content (AvgIpc) is 2.16. The standard InChI is InChI=1S/C14H20BrNO3/c1-13(2,3)19-12(17)16-11-9(14(4,5)18)7-6-8-10(11)15/h6-8,18H,1-5H3,(H,16,17). The van der Waals surface area contributed by atoms with Gasteiger partial charge in [0.15, 0.2) is 0 Å². The molecule has 0 aliphatic heterocycles. The third-order valence-electron chi connectivity index (χ3n) is 2.30. The Morgan fingerprint density at radius 2 is 1.84 bits per heavy atom. The highest BCUT2D eigenvalue weighted by Crippen LogP contribution is 2.33. The topological polar surface area (TPSA) is 58.6 Å². The quantitative estimate of drug-likeness (QED) is 0.861. The van der Waals surface area contributed by atoms with Crippen LogP contribution in [0.25, 0.3) is 0 Å². The van der Waals surface area contributed by atoms with Crippen molar-refractivity contribution < 1.29 is 14.6 Å². The Morgan fingerprint density at radius 1 is 1.26 bits per heavy atom. The van der Waals surface area contributed by atoms with Crippen molar-refractivity contribution in [2.45, 2.75) is 45.8 Å². The van der Waals surface area contributed by atoms with Crippen LogP contribution in [0.4, 0.5) is 10.5 Å². The van der Waals surface area contributed by atoms with Crippen molar-refractivity contribution in [3.63, 3.8) is 0 Å². The van der Waals surface area contributed by atoms with E-state index in [2.05, 4.69) is 21.2 Å². The first-order chi connectivity index (χ1) is 8.50. The highest BCUT2D eigenvalue weighted by molar-refractivity contribution is 9.10. The molecule has 1 rings (SSSR count). The summed E-state index contributed by atoms with van der Waals surface area (Å²) in [4.78, 5) is 11.8. The minimum absolute atomic E-state index is 0.518. The maximum Gasteiger partial charge on any atom is 0.412 e. The number of anilines is 1. The predicted octanol–water partition coefficient (Wildman–Crippen LogP) is 4.02. The Bertz CT molecular complexity index is 473. The molecule has 0 heterocycles. The van der Waals surface area contributed by atoms with Gasteiger partial charge in [0.1, 0.15) is 5.60 Å². The molecule has 0 fully saturated rings. The second-order valence-corrected chi connectivity index (χ2v) is 6.70. The summed E-state index contributed by atoms with van der Waals surface area (Å²) in [5, 5.41) is 12.8. The smallest absolute Gasteiger partial charge is 0.412 e. The molecule has 0 aliphatic rings. The number of benzene rings is 1. The van der Waals surface area contributed by atoms with E-state index in [0.717, 1.165) is 0 Å². The van der Waals surface area contributed by atoms with E-state index in [4.69, 9.17) is 4.74 Å². The van der Waals surface area contributed by atoms with Crippen LogP contribution in [0.1, 0.15) is 40.2 Å². The summed E-state index contributed by atoms with van der Waals surface area (Å²) in [6.45, 7) is 8.71. The van der Waals surface area contributed by atoms with E-state index in [9.17, 15) is 9.90 Å². The number of hydrogen-bond acceptors (Lipinski definition) is 3. The molecule has 1 aromatic rings. The third kappa shape index (κ3) is 4.84. The molecule has 1 amide bonds. The number of para-hydroxylation sites is 1. The van der Waals surface area contributed by atoms with Crippen molar-refractivity contribution in [1.29, 1.82) is 0 Å². The Hall–Kier alpha value is -1.07. The lowest BCUT2D eigenvalue weighted by Gasteiger charge is -2.24. The number of nitrogens with one attached hydrogen (secondary N) is 1. The second-order valence-electron chi connectivity index (χ2n) is 5.85. The van der Waals surface area contributed by atoms with E-state index in [1.807, 2.05) is 0 Å². The minimum Gasteiger partial charge on any atom is -0.444 e. The summed E-state index contributed by atoms with van der Waals surface area (Å²) in [5.74, 6) is 0. The number of aliphatic hydroxyl groups is 1. The number of ether oxygens (including phenoxy) is 1. The molecule has 0 saturated carbocycles. The molecule has 106 valence electrons. The summed E-state index contributed by atoms with van der Waals surface area (Å²) in [5.41, 5.74) is -0.494. The Labute approximate surface area is 122 Å². The van der Waals surface area contributed by atoms with Crippen molar-refractivity contribution in [2.24, 2.45) is 0 Å². The van der Waals surface area contributed by atoms with Crippen molar-refractivity contribution in [1.82, 2.24) is 0 Å². The van der Waals surface area contributed by atoms with Crippen LogP contribution in [0, 0.1) is 0 Å². The number of halogens is 1. The highest BCUT2D eigenvalue weighted by atomic mass is 79.9. The Morgan fingerprint density at radius 3 is 2.32 bits per heavy atom. The lowest BCUT2D eigenvalue weighted by Crippen LogP contribution is -2.28. The highest BCUT2D eigenvalue weighted by Gasteiger charge is 2.24. The van der Waals surface area contributed by atoms with Crippen LogP contribution in [0.5, 0.6) is 0 Å². The zero-order chi connectivity index (χ0) is 14.8. The van der Waals surface area contributed by atoms with Crippen LogP contribution in [-0.4, -0.2) is 16.8 Å². The van der Waals surface area contributed by atoms with Gasteiger partial charge >= 0.3 is 6.09 Å². The molecule has 0 aromatic heterocycles. The monoisotopic (exact) mass is 329 g/mol. The van der Waals surface area contributed by atoms with Gasteiger partial charge in [0.25, 0.3) is 0 Å². The molecule has 2 N–H and O–H groups in total. The molecule has 0 unspecified atom stereocenters. The number of rotatable bonds is 2. The van der Waals surface area contributed by atoms with Gasteiger partial charge in [-0.05, 0) is 56.6 Å². The van der Waals surface area contributed by atoms with Gasteiger partial charge < -0.3 is 9.84 Å². The summed E-state index contributed by atoms with van der Waals surface area (Å²) in [6, 6.07) is 5.36. The van der Waals surface area contributed by atoms with Gasteiger partial charge in [-0.15, -0.1) is 0 Å². The van der Waals surface area contributed by atoms with Crippen molar-refractivity contribution in [3.8, 4) is 0 Å². The normalized spacial score (nSPS) is 12.2. The molecule has 0 saturated heterocycles. The summed E-state index contributed by atoms with van der Waals surface area (Å²) >= 11 is 3.37. The van der Waals surface area contributed by atoms with Gasteiger partial charge in [-0.3, -0.25) is 5.32 Å². The fraction of sp³-hybridized carbons (Fsp3) is 0.500. The molecule has 1 aromatic carbocycles. The number of hydrogen-bond donors (Lipinski definition) is 2. The first-order valence-corrected chi connectivity index (χ1v) is 6.81. The molecule has 0 bridgehead atoms. The molecule has 0 atom stereocenters. The number of amides is 1. The lowest BCUT2D eigenvalue weighted by molar-refractivity contribution is 0.0632. The van der Waals surface area contributed by atoms with Gasteiger partial charge in [-0.25, -0.2) is 4.79 Å². The lowest BCUT2D eigenvalue weighted by atomic mass is 9.96. The second kappa shape index (κ2) is 5.51. The van der Waals surface area contributed by atoms with Crippen molar-refractivity contribution >= 4 is 27.7 Å². The van der Waals surface area contributed by atoms with E-state index >= 15 is 0 Å². The Balaban J connectivity index is 3.04. The molecule has 19 heavy (non-hydrogen) atoms. The fourth-order valence-corrected chi connectivity index (χ4v) is 2.03. The van der Waals surface area contributed by atoms with Gasteiger partial charge in [0.05, 0.1) is 11.3 Å². The minimum atomic E-state index is -1.06. The zero-order valence-corrected chi connectivity index (χ0v) is 13.5. The van der Waals surface area contributed by atoms with Crippen molar-refractivity contribution in [3.05, 3.63) is 28.2 Å². The van der Waals surface area contributed by atoms with E-state index in [0.29, 0.717) is 15.7 Å². The maximum atomic E-state index is 11.8. The first kappa shape index (κ1) is 16.0. The molecule has 5 heteroatoms. The van der Waals surface area contributed by atoms with E-state index in [1.54, 1.807) is 52.8 Å². The molecule has 0 aliphatic carbocycles. The molecule has 0 spiro atoms. The van der Waals surface area contributed by atoms with Crippen LogP contribution in [0.15, 0.2) is 22.7 Å². The van der Waals surface area contributed by atoms with E-state index in [-0.39, 0.29) is 0 Å². The van der Waals surface area contributed by atoms with Crippen LogP contribution < -0.4 is 5.32 Å². The summed E-state index contributed by atoms with van der Waals surface area (Å²) < 4.78 is 5.90. The Kier molecular flexibility index (Phi) is 4.63. The SMILES string of the molecule is CC(C)(C)OC(=O)Nc1c(Br)cccc1C(C)(C)O. The molecular weight excluding hydrogens is 310 g/mol. The van der Waals surface area contributed by atoms with Crippen LogP contribution >= 0.6 is 15.9 Å². The van der Waals surface area contributed by atoms with Crippen LogP contribution in [0.2, 0.25) is 0 Å². The van der Waals surface area contributed by atoms with Crippen LogP contribution in [-0.2, 0) is 10.3 Å². The predicted molar refractivity (Wildman–Crippen MR) is 79.2 cm³/mol. The summed E-state index contributed by atoms with van der Waals surface area (Å²) in [6.07, 6.45) is -0.551. The molecule has 0 radical (unpaired) electrons. The fourth-order valence-electron chi connectivity index (χ4n) is 1.57. The van der Waals surface area contributed by atoms with Crippen molar-refractivity contribution in [2.75, 3.05) is 5.32 Å². The molecule has 4 nitrogen and oxygen atoms in total. The largest absolute Gasteiger partial charge is 0.444 e. The van der Waals surface area contributed by atoms with Gasteiger partial charge in [-0.1, -0.05) is 12.1 Å². The van der Waals surface area contributed by atoms with E-state index < -0.39 is 17.3 Å².